The van der Waals surface area contributed by atoms with Gasteiger partial charge in [0, 0.05) is 11.8 Å². The maximum atomic E-state index is 12.0. The van der Waals surface area contributed by atoms with Crippen molar-refractivity contribution in [1.82, 2.24) is 9.97 Å². The first-order valence-corrected chi connectivity index (χ1v) is 6.64. The Hall–Kier alpha value is -2.27. The molecule has 0 bridgehead atoms. The van der Waals surface area contributed by atoms with Crippen molar-refractivity contribution in [2.24, 2.45) is 0 Å². The highest BCUT2D eigenvalue weighted by Gasteiger charge is 2.10. The van der Waals surface area contributed by atoms with Crippen LogP contribution in [0.4, 0.5) is 5.13 Å². The highest BCUT2D eigenvalue weighted by molar-refractivity contribution is 7.22. The van der Waals surface area contributed by atoms with Crippen molar-refractivity contribution in [3.8, 4) is 0 Å². The van der Waals surface area contributed by atoms with Crippen LogP contribution in [0.2, 0.25) is 0 Å². The first-order valence-electron chi connectivity index (χ1n) is 5.82. The van der Waals surface area contributed by atoms with Gasteiger partial charge in [0.05, 0.1) is 4.70 Å². The Morgan fingerprint density at radius 1 is 1.21 bits per heavy atom. The number of rotatable bonds is 2. The van der Waals surface area contributed by atoms with Gasteiger partial charge in [-0.1, -0.05) is 29.5 Å². The zero-order chi connectivity index (χ0) is 13.2. The number of amides is 1. The van der Waals surface area contributed by atoms with Crippen molar-refractivity contribution in [3.63, 3.8) is 0 Å². The van der Waals surface area contributed by atoms with E-state index in [1.54, 1.807) is 18.3 Å². The van der Waals surface area contributed by atoms with Gasteiger partial charge in [0.15, 0.2) is 10.8 Å². The van der Waals surface area contributed by atoms with Crippen molar-refractivity contribution < 1.29 is 4.79 Å². The van der Waals surface area contributed by atoms with E-state index in [0.29, 0.717) is 16.3 Å². The molecule has 94 valence electrons. The molecular formula is C14H11N3OS. The lowest BCUT2D eigenvalue weighted by molar-refractivity contribution is 0.102. The Kier molecular flexibility index (Phi) is 2.97. The van der Waals surface area contributed by atoms with Crippen molar-refractivity contribution in [2.45, 2.75) is 6.92 Å². The minimum atomic E-state index is -0.155. The van der Waals surface area contributed by atoms with E-state index in [0.717, 1.165) is 10.3 Å². The lowest BCUT2D eigenvalue weighted by Crippen LogP contribution is -2.11. The van der Waals surface area contributed by atoms with Gasteiger partial charge in [-0.3, -0.25) is 10.1 Å². The highest BCUT2D eigenvalue weighted by atomic mass is 32.1. The minimum Gasteiger partial charge on any atom is -0.298 e. The van der Waals surface area contributed by atoms with Gasteiger partial charge in [0.1, 0.15) is 0 Å². The lowest BCUT2D eigenvalue weighted by Gasteiger charge is -2.00. The van der Waals surface area contributed by atoms with Gasteiger partial charge in [-0.15, -0.1) is 0 Å². The van der Waals surface area contributed by atoms with Crippen LogP contribution in [0.15, 0.2) is 42.6 Å². The lowest BCUT2D eigenvalue weighted by atomic mass is 10.2. The third kappa shape index (κ3) is 2.32. The highest BCUT2D eigenvalue weighted by Crippen LogP contribution is 2.27. The summed E-state index contributed by atoms with van der Waals surface area (Å²) in [5.41, 5.74) is 2.41. The van der Waals surface area contributed by atoms with Gasteiger partial charge < -0.3 is 0 Å². The van der Waals surface area contributed by atoms with Crippen molar-refractivity contribution in [2.75, 3.05) is 5.32 Å². The molecule has 0 saturated heterocycles. The van der Waals surface area contributed by atoms with Gasteiger partial charge in [-0.05, 0) is 30.7 Å². The van der Waals surface area contributed by atoms with Gasteiger partial charge >= 0.3 is 0 Å². The smallest absolute Gasteiger partial charge is 0.257 e. The second-order valence-corrected chi connectivity index (χ2v) is 5.12. The summed E-state index contributed by atoms with van der Waals surface area (Å²) in [6.07, 6.45) is 1.72. The van der Waals surface area contributed by atoms with Crippen LogP contribution in [0.1, 0.15) is 15.9 Å². The van der Waals surface area contributed by atoms with E-state index in [2.05, 4.69) is 15.3 Å². The second-order valence-electron chi connectivity index (χ2n) is 4.12. The molecule has 3 aromatic rings. The number of carbonyl (C=O) groups is 1. The van der Waals surface area contributed by atoms with Crippen LogP contribution in [0.25, 0.3) is 10.3 Å². The number of nitrogens with zero attached hydrogens (tertiary/aromatic N) is 2. The predicted molar refractivity (Wildman–Crippen MR) is 76.5 cm³/mol. The summed E-state index contributed by atoms with van der Waals surface area (Å²) in [5, 5.41) is 3.38. The fourth-order valence-corrected chi connectivity index (χ4v) is 2.65. The maximum Gasteiger partial charge on any atom is 0.257 e. The molecule has 0 aliphatic heterocycles. The van der Waals surface area contributed by atoms with Crippen molar-refractivity contribution in [3.05, 3.63) is 53.7 Å². The summed E-state index contributed by atoms with van der Waals surface area (Å²) in [6.45, 7) is 2.00. The molecule has 0 aliphatic carbocycles. The Morgan fingerprint density at radius 2 is 2.00 bits per heavy atom. The van der Waals surface area contributed by atoms with Gasteiger partial charge in [0.25, 0.3) is 5.91 Å². The molecule has 5 heteroatoms. The summed E-state index contributed by atoms with van der Waals surface area (Å²) in [4.78, 5) is 20.5. The molecule has 0 atom stereocenters. The summed E-state index contributed by atoms with van der Waals surface area (Å²) >= 11 is 1.44. The maximum absolute atomic E-state index is 12.0. The Balaban J connectivity index is 1.90. The minimum absolute atomic E-state index is 0.155. The predicted octanol–water partition coefficient (Wildman–Crippen LogP) is 3.25. The number of hydrogen-bond donors (Lipinski definition) is 1. The molecule has 19 heavy (non-hydrogen) atoms. The van der Waals surface area contributed by atoms with Crippen LogP contribution in [-0.2, 0) is 0 Å². The van der Waals surface area contributed by atoms with Crippen LogP contribution >= 0.6 is 11.3 Å². The molecule has 2 aromatic heterocycles. The van der Waals surface area contributed by atoms with Crippen LogP contribution in [-0.4, -0.2) is 15.9 Å². The number of aryl methyl sites for hydroxylation is 1. The molecule has 0 aliphatic rings. The molecule has 3 rings (SSSR count). The van der Waals surface area contributed by atoms with Crippen LogP contribution in [0.5, 0.6) is 0 Å². The number of nitrogens with one attached hydrogen (secondary N) is 1. The molecule has 0 unspecified atom stereocenters. The number of anilines is 1. The fourth-order valence-electron chi connectivity index (χ4n) is 1.76. The monoisotopic (exact) mass is 269 g/mol. The first-order chi connectivity index (χ1) is 9.24. The summed E-state index contributed by atoms with van der Waals surface area (Å²) < 4.78 is 1.01. The normalized spacial score (nSPS) is 10.6. The Labute approximate surface area is 114 Å². The molecule has 0 saturated carbocycles. The number of benzene rings is 1. The Bertz CT molecular complexity index is 737. The van der Waals surface area contributed by atoms with E-state index in [9.17, 15) is 4.79 Å². The number of aromatic nitrogens is 2. The molecule has 0 radical (unpaired) electrons. The van der Waals surface area contributed by atoms with E-state index in [1.807, 2.05) is 31.2 Å². The average Bonchev–Trinajstić information content (AvgIpc) is 2.84. The fraction of sp³-hybridized carbons (Fsp3) is 0.0714. The Morgan fingerprint density at radius 3 is 2.74 bits per heavy atom. The van der Waals surface area contributed by atoms with Crippen molar-refractivity contribution >= 4 is 32.7 Å². The first kappa shape index (κ1) is 11.8. The second kappa shape index (κ2) is 4.78. The molecule has 0 fully saturated rings. The molecule has 1 N–H and O–H groups in total. The molecule has 4 nitrogen and oxygen atoms in total. The largest absolute Gasteiger partial charge is 0.298 e. The van der Waals surface area contributed by atoms with Gasteiger partial charge in [-0.25, -0.2) is 4.98 Å². The third-order valence-corrected chi connectivity index (χ3v) is 3.84. The zero-order valence-corrected chi connectivity index (χ0v) is 11.1. The number of thiazole rings is 1. The number of pyridine rings is 1. The van der Waals surface area contributed by atoms with E-state index < -0.39 is 0 Å². The molecular weight excluding hydrogens is 258 g/mol. The van der Waals surface area contributed by atoms with Crippen molar-refractivity contribution in [1.29, 1.82) is 0 Å². The molecule has 1 aromatic carbocycles. The van der Waals surface area contributed by atoms with E-state index >= 15 is 0 Å². The quantitative estimate of drug-likeness (QED) is 0.777. The summed E-state index contributed by atoms with van der Waals surface area (Å²) in [6, 6.07) is 11.0. The molecule has 2 heterocycles. The standard InChI is InChI=1S/C14H11N3OS/c1-9-7-8-15-12-11(9)19-14(16-12)17-13(18)10-5-3-2-4-6-10/h2-8H,1H3,(H,15,16,17,18). The zero-order valence-electron chi connectivity index (χ0n) is 10.3. The number of fused-ring (bicyclic) bond motifs is 1. The number of carbonyl (C=O) groups excluding carboxylic acids is 1. The average molecular weight is 269 g/mol. The third-order valence-electron chi connectivity index (χ3n) is 2.75. The number of hydrogen-bond acceptors (Lipinski definition) is 4. The topological polar surface area (TPSA) is 54.9 Å². The van der Waals surface area contributed by atoms with Gasteiger partial charge in [-0.2, -0.15) is 4.98 Å². The van der Waals surface area contributed by atoms with E-state index in [-0.39, 0.29) is 5.91 Å². The summed E-state index contributed by atoms with van der Waals surface area (Å²) in [5.74, 6) is -0.155. The van der Waals surface area contributed by atoms with Crippen LogP contribution < -0.4 is 5.32 Å². The molecule has 0 spiro atoms. The molecule has 1 amide bonds. The van der Waals surface area contributed by atoms with Gasteiger partial charge in [0.2, 0.25) is 0 Å². The summed E-state index contributed by atoms with van der Waals surface area (Å²) in [7, 11) is 0. The SMILES string of the molecule is Cc1ccnc2nc(NC(=O)c3ccccc3)sc12. The van der Waals surface area contributed by atoms with E-state index in [4.69, 9.17) is 0 Å². The van der Waals surface area contributed by atoms with Crippen LogP contribution in [0.3, 0.4) is 0 Å². The van der Waals surface area contributed by atoms with E-state index in [1.165, 1.54) is 11.3 Å². The van der Waals surface area contributed by atoms with Crippen LogP contribution in [0, 0.1) is 6.92 Å².